The quantitative estimate of drug-likeness (QED) is 0.0274. The molecule has 0 aromatic carbocycles. The third-order valence-corrected chi connectivity index (χ3v) is 11.1. The molecule has 3 unspecified atom stereocenters. The van der Waals surface area contributed by atoms with Crippen LogP contribution >= 0.6 is 7.82 Å². The third kappa shape index (κ3) is 42.1. The number of aliphatic hydroxyl groups is 1. The van der Waals surface area contributed by atoms with Crippen LogP contribution in [0.4, 0.5) is 0 Å². The van der Waals surface area contributed by atoms with Gasteiger partial charge in [0.2, 0.25) is 5.91 Å². The van der Waals surface area contributed by atoms with E-state index in [9.17, 15) is 19.4 Å². The molecule has 5 N–H and O–H groups in total. The van der Waals surface area contributed by atoms with Crippen LogP contribution < -0.4 is 11.1 Å². The lowest BCUT2D eigenvalue weighted by Gasteiger charge is -2.25. The summed E-state index contributed by atoms with van der Waals surface area (Å²) in [5, 5.41) is 13.8. The van der Waals surface area contributed by atoms with Crippen molar-refractivity contribution in [1.29, 1.82) is 0 Å². The highest BCUT2D eigenvalue weighted by molar-refractivity contribution is 7.47. The number of phosphoric acid groups is 1. The predicted molar refractivity (Wildman–Crippen MR) is 244 cm³/mol. The summed E-state index contributed by atoms with van der Waals surface area (Å²) in [6, 6.07) is -0.788. The van der Waals surface area contributed by atoms with E-state index in [0.29, 0.717) is 12.8 Å². The number of allylic oxidation sites excluding steroid dienone is 10. The van der Waals surface area contributed by atoms with Crippen LogP contribution in [0.5, 0.6) is 0 Å². The fourth-order valence-electron chi connectivity index (χ4n) is 6.63. The molecule has 0 aliphatic rings. The lowest BCUT2D eigenvalue weighted by atomic mass is 10.0. The van der Waals surface area contributed by atoms with E-state index in [-0.39, 0.29) is 25.7 Å². The second kappa shape index (κ2) is 43.8. The Labute approximate surface area is 351 Å². The first-order valence-corrected chi connectivity index (χ1v) is 24.9. The molecule has 0 aliphatic heterocycles. The van der Waals surface area contributed by atoms with E-state index in [2.05, 4.69) is 79.9 Å². The molecule has 9 heteroatoms. The van der Waals surface area contributed by atoms with Crippen molar-refractivity contribution in [3.05, 3.63) is 60.8 Å². The molecular weight excluding hydrogens is 732 g/mol. The SMILES string of the molecule is CC/C=C\C/C=C\C/C=C\C/C=C\C/C=C\CCCCCCCC(=O)NC(COP(=O)(O)OCCN)C(O)CCCCCCCCCCCCCCCCCCC. The van der Waals surface area contributed by atoms with Crippen LogP contribution in [-0.4, -0.2) is 47.8 Å². The Kier molecular flexibility index (Phi) is 42.4. The van der Waals surface area contributed by atoms with E-state index in [1.807, 2.05) is 0 Å². The third-order valence-electron chi connectivity index (χ3n) is 10.1. The minimum atomic E-state index is -4.33. The molecule has 332 valence electrons. The largest absolute Gasteiger partial charge is 0.472 e. The Balaban J connectivity index is 4.17. The molecule has 0 saturated heterocycles. The number of unbranched alkanes of at least 4 members (excludes halogenated alkanes) is 21. The molecule has 0 heterocycles. The molecule has 0 aliphatic carbocycles. The second-order valence-corrected chi connectivity index (χ2v) is 17.0. The number of carbonyl (C=O) groups is 1. The summed E-state index contributed by atoms with van der Waals surface area (Å²) in [7, 11) is -4.33. The zero-order valence-electron chi connectivity index (χ0n) is 36.8. The molecule has 57 heavy (non-hydrogen) atoms. The summed E-state index contributed by atoms with van der Waals surface area (Å²) in [5.41, 5.74) is 5.39. The number of phosphoric ester groups is 1. The summed E-state index contributed by atoms with van der Waals surface area (Å²) in [5.74, 6) is -0.181. The van der Waals surface area contributed by atoms with Gasteiger partial charge in [-0.1, -0.05) is 203 Å². The Morgan fingerprint density at radius 2 is 1.02 bits per heavy atom. The first kappa shape index (κ1) is 55.2. The zero-order valence-corrected chi connectivity index (χ0v) is 37.7. The second-order valence-electron chi connectivity index (χ2n) is 15.6. The van der Waals surface area contributed by atoms with Crippen LogP contribution in [0, 0.1) is 0 Å². The van der Waals surface area contributed by atoms with Gasteiger partial charge >= 0.3 is 7.82 Å². The van der Waals surface area contributed by atoms with E-state index >= 15 is 0 Å². The van der Waals surface area contributed by atoms with Crippen molar-refractivity contribution in [3.63, 3.8) is 0 Å². The summed E-state index contributed by atoms with van der Waals surface area (Å²) < 4.78 is 22.2. The Bertz CT molecular complexity index is 1080. The molecule has 1 amide bonds. The van der Waals surface area contributed by atoms with Crippen molar-refractivity contribution < 1.29 is 28.4 Å². The van der Waals surface area contributed by atoms with Gasteiger partial charge < -0.3 is 21.1 Å². The Morgan fingerprint density at radius 3 is 1.49 bits per heavy atom. The fraction of sp³-hybridized carbons (Fsp3) is 0.771. The summed E-state index contributed by atoms with van der Waals surface area (Å²) in [6.45, 7) is 4.08. The van der Waals surface area contributed by atoms with Crippen molar-refractivity contribution in [2.75, 3.05) is 19.8 Å². The lowest BCUT2D eigenvalue weighted by molar-refractivity contribution is -0.123. The Morgan fingerprint density at radius 1 is 0.596 bits per heavy atom. The molecule has 0 rings (SSSR count). The van der Waals surface area contributed by atoms with Gasteiger partial charge in [0, 0.05) is 13.0 Å². The smallest absolute Gasteiger partial charge is 0.391 e. The van der Waals surface area contributed by atoms with Gasteiger partial charge in [0.1, 0.15) is 0 Å². The van der Waals surface area contributed by atoms with Crippen LogP contribution in [0.3, 0.4) is 0 Å². The number of amides is 1. The highest BCUT2D eigenvalue weighted by atomic mass is 31.2. The summed E-state index contributed by atoms with van der Waals surface area (Å²) in [6.07, 6.45) is 55.1. The Hall–Kier alpha value is -1.80. The standard InChI is InChI=1S/C48H89N2O6P/c1-3-5-7-9-11-13-15-17-19-21-22-23-24-26-28-30-32-34-36-38-40-42-48(52)50-46(45-56-57(53,54)55-44-43-49)47(51)41-39-37-35-33-31-29-27-25-20-18-16-14-12-10-8-6-4-2/h5,7,11,13,17,19,22-23,26,28,46-47,51H,3-4,6,8-10,12,14-16,18,20-21,24-25,27,29-45,49H2,1-2H3,(H,50,52)(H,53,54)/b7-5-,13-11-,19-17-,23-22-,28-26-. The van der Waals surface area contributed by atoms with Gasteiger partial charge in [0.05, 0.1) is 25.4 Å². The average Bonchev–Trinajstić information content (AvgIpc) is 3.20. The van der Waals surface area contributed by atoms with Crippen LogP contribution in [0.15, 0.2) is 60.8 Å². The minimum absolute atomic E-state index is 0.0827. The first-order valence-electron chi connectivity index (χ1n) is 23.4. The maximum absolute atomic E-state index is 12.8. The molecule has 0 radical (unpaired) electrons. The van der Waals surface area contributed by atoms with Gasteiger partial charge in [0.25, 0.3) is 0 Å². The number of nitrogens with one attached hydrogen (secondary N) is 1. The fourth-order valence-corrected chi connectivity index (χ4v) is 7.39. The number of carbonyl (C=O) groups excluding carboxylic acids is 1. The van der Waals surface area contributed by atoms with E-state index in [1.54, 1.807) is 0 Å². The van der Waals surface area contributed by atoms with Crippen LogP contribution in [0.2, 0.25) is 0 Å². The lowest BCUT2D eigenvalue weighted by Crippen LogP contribution is -2.46. The highest BCUT2D eigenvalue weighted by Crippen LogP contribution is 2.43. The molecule has 0 fully saturated rings. The topological polar surface area (TPSA) is 131 Å². The molecule has 0 spiro atoms. The molecule has 0 bridgehead atoms. The van der Waals surface area contributed by atoms with Gasteiger partial charge in [-0.15, -0.1) is 0 Å². The average molecular weight is 821 g/mol. The normalized spacial score (nSPS) is 14.5. The van der Waals surface area contributed by atoms with Crippen molar-refractivity contribution in [2.45, 2.75) is 219 Å². The minimum Gasteiger partial charge on any atom is -0.391 e. The van der Waals surface area contributed by atoms with E-state index in [4.69, 9.17) is 14.8 Å². The summed E-state index contributed by atoms with van der Waals surface area (Å²) in [4.78, 5) is 22.8. The highest BCUT2D eigenvalue weighted by Gasteiger charge is 2.27. The van der Waals surface area contributed by atoms with E-state index in [1.165, 1.54) is 89.9 Å². The molecule has 3 atom stereocenters. The van der Waals surface area contributed by atoms with Gasteiger partial charge in [-0.05, 0) is 57.8 Å². The molecule has 8 nitrogen and oxygen atoms in total. The molecule has 0 aromatic heterocycles. The maximum Gasteiger partial charge on any atom is 0.472 e. The first-order chi connectivity index (χ1) is 27.9. The van der Waals surface area contributed by atoms with Gasteiger partial charge in [0.15, 0.2) is 0 Å². The molecular formula is C48H89N2O6P. The molecule has 0 saturated carbocycles. The monoisotopic (exact) mass is 821 g/mol. The predicted octanol–water partition coefficient (Wildman–Crippen LogP) is 13.4. The van der Waals surface area contributed by atoms with Gasteiger partial charge in [-0.2, -0.15) is 0 Å². The number of hydrogen-bond acceptors (Lipinski definition) is 6. The summed E-state index contributed by atoms with van der Waals surface area (Å²) >= 11 is 0. The number of nitrogens with two attached hydrogens (primary N) is 1. The van der Waals surface area contributed by atoms with Crippen LogP contribution in [0.1, 0.15) is 206 Å². The van der Waals surface area contributed by atoms with E-state index < -0.39 is 20.0 Å². The molecule has 0 aromatic rings. The zero-order chi connectivity index (χ0) is 41.8. The van der Waals surface area contributed by atoms with Crippen LogP contribution in [-0.2, 0) is 18.4 Å². The van der Waals surface area contributed by atoms with Crippen LogP contribution in [0.25, 0.3) is 0 Å². The van der Waals surface area contributed by atoms with Gasteiger partial charge in [-0.3, -0.25) is 13.8 Å². The number of rotatable bonds is 43. The van der Waals surface area contributed by atoms with Crippen molar-refractivity contribution in [1.82, 2.24) is 5.32 Å². The van der Waals surface area contributed by atoms with E-state index in [0.717, 1.165) is 89.9 Å². The number of aliphatic hydroxyl groups excluding tert-OH is 1. The van der Waals surface area contributed by atoms with Crippen molar-refractivity contribution in [2.24, 2.45) is 5.73 Å². The number of hydrogen-bond donors (Lipinski definition) is 4. The van der Waals surface area contributed by atoms with Gasteiger partial charge in [-0.25, -0.2) is 4.57 Å². The maximum atomic E-state index is 12.8. The van der Waals surface area contributed by atoms with Crippen molar-refractivity contribution >= 4 is 13.7 Å². The van der Waals surface area contributed by atoms with Crippen molar-refractivity contribution in [3.8, 4) is 0 Å².